The summed E-state index contributed by atoms with van der Waals surface area (Å²) in [6.45, 7) is 0.789. The summed E-state index contributed by atoms with van der Waals surface area (Å²) in [5.41, 5.74) is 13.1. The zero-order valence-electron chi connectivity index (χ0n) is 9.80. The van der Waals surface area contributed by atoms with E-state index in [2.05, 4.69) is 17.1 Å². The molecule has 0 saturated carbocycles. The molecule has 88 valence electrons. The Morgan fingerprint density at radius 2 is 1.76 bits per heavy atom. The molecule has 17 heavy (non-hydrogen) atoms. The van der Waals surface area contributed by atoms with E-state index in [-0.39, 0.29) is 0 Å². The number of hydrogen-bond donors (Lipinski definition) is 2. The van der Waals surface area contributed by atoms with E-state index < -0.39 is 0 Å². The van der Waals surface area contributed by atoms with Gasteiger partial charge >= 0.3 is 0 Å². The number of anilines is 3. The van der Waals surface area contributed by atoms with Gasteiger partial charge in [-0.1, -0.05) is 30.3 Å². The van der Waals surface area contributed by atoms with E-state index in [4.69, 9.17) is 11.5 Å². The first-order chi connectivity index (χ1) is 8.16. The summed E-state index contributed by atoms with van der Waals surface area (Å²) in [5.74, 6) is 1.20. The highest BCUT2D eigenvalue weighted by Crippen LogP contribution is 2.18. The Hall–Kier alpha value is -2.23. The minimum atomic E-state index is 0.377. The molecule has 0 atom stereocenters. The van der Waals surface area contributed by atoms with Crippen molar-refractivity contribution >= 4 is 17.3 Å². The van der Waals surface area contributed by atoms with Crippen molar-refractivity contribution in [1.29, 1.82) is 0 Å². The fourth-order valence-electron chi connectivity index (χ4n) is 1.63. The van der Waals surface area contributed by atoms with Crippen LogP contribution in [-0.4, -0.2) is 12.0 Å². The largest absolute Gasteiger partial charge is 0.396 e. The Morgan fingerprint density at radius 3 is 2.41 bits per heavy atom. The molecule has 4 heteroatoms. The van der Waals surface area contributed by atoms with Crippen LogP contribution in [0.15, 0.2) is 42.5 Å². The van der Waals surface area contributed by atoms with Crippen molar-refractivity contribution in [3.63, 3.8) is 0 Å². The van der Waals surface area contributed by atoms with Crippen LogP contribution in [0.1, 0.15) is 5.56 Å². The fourth-order valence-corrected chi connectivity index (χ4v) is 1.63. The lowest BCUT2D eigenvalue weighted by atomic mass is 10.2. The number of benzene rings is 1. The van der Waals surface area contributed by atoms with Gasteiger partial charge in [-0.15, -0.1) is 0 Å². The summed E-state index contributed by atoms with van der Waals surface area (Å²) in [6, 6.07) is 13.9. The summed E-state index contributed by atoms with van der Waals surface area (Å²) >= 11 is 0. The second-order valence-corrected chi connectivity index (χ2v) is 3.99. The van der Waals surface area contributed by atoms with Crippen LogP contribution in [0.5, 0.6) is 0 Å². The highest BCUT2D eigenvalue weighted by molar-refractivity contribution is 5.62. The zero-order valence-corrected chi connectivity index (χ0v) is 9.80. The van der Waals surface area contributed by atoms with Gasteiger partial charge in [0, 0.05) is 13.6 Å². The van der Waals surface area contributed by atoms with Crippen LogP contribution in [0.3, 0.4) is 0 Å². The van der Waals surface area contributed by atoms with Crippen LogP contribution >= 0.6 is 0 Å². The predicted octanol–water partition coefficient (Wildman–Crippen LogP) is 1.88. The van der Waals surface area contributed by atoms with Gasteiger partial charge in [0.05, 0.1) is 5.69 Å². The molecule has 0 amide bonds. The minimum Gasteiger partial charge on any atom is -0.396 e. The highest BCUT2D eigenvalue weighted by atomic mass is 15.2. The van der Waals surface area contributed by atoms with Gasteiger partial charge in [0.1, 0.15) is 11.6 Å². The van der Waals surface area contributed by atoms with Crippen molar-refractivity contribution in [3.05, 3.63) is 48.0 Å². The number of hydrogen-bond acceptors (Lipinski definition) is 4. The van der Waals surface area contributed by atoms with Crippen molar-refractivity contribution in [2.75, 3.05) is 23.4 Å². The first kappa shape index (κ1) is 11.3. The number of nitrogens with two attached hydrogens (primary N) is 2. The monoisotopic (exact) mass is 228 g/mol. The highest BCUT2D eigenvalue weighted by Gasteiger charge is 2.05. The van der Waals surface area contributed by atoms with Gasteiger partial charge in [-0.3, -0.25) is 0 Å². The molecule has 0 unspecified atom stereocenters. The molecule has 1 heterocycles. The van der Waals surface area contributed by atoms with E-state index in [9.17, 15) is 0 Å². The summed E-state index contributed by atoms with van der Waals surface area (Å²) in [7, 11) is 1.98. The lowest BCUT2D eigenvalue weighted by Crippen LogP contribution is -2.18. The van der Waals surface area contributed by atoms with Crippen molar-refractivity contribution in [2.24, 2.45) is 0 Å². The van der Waals surface area contributed by atoms with Crippen LogP contribution in [0.25, 0.3) is 0 Å². The average molecular weight is 228 g/mol. The second-order valence-electron chi connectivity index (χ2n) is 3.99. The number of pyridine rings is 1. The maximum absolute atomic E-state index is 5.69. The van der Waals surface area contributed by atoms with Crippen LogP contribution in [-0.2, 0) is 6.54 Å². The lowest BCUT2D eigenvalue weighted by molar-refractivity contribution is 0.900. The molecule has 1 aromatic carbocycles. The minimum absolute atomic E-state index is 0.377. The Bertz CT molecular complexity index is 496. The molecular formula is C13H16N4. The molecule has 0 aliphatic rings. The van der Waals surface area contributed by atoms with E-state index in [0.29, 0.717) is 11.5 Å². The van der Waals surface area contributed by atoms with E-state index in [1.165, 1.54) is 5.56 Å². The van der Waals surface area contributed by atoms with Gasteiger partial charge in [-0.25, -0.2) is 4.98 Å². The summed E-state index contributed by atoms with van der Waals surface area (Å²) in [5, 5.41) is 0. The first-order valence-corrected chi connectivity index (χ1v) is 5.44. The Labute approximate surface area is 101 Å². The number of nitrogen functional groups attached to an aromatic ring is 2. The van der Waals surface area contributed by atoms with Gasteiger partial charge in [0.25, 0.3) is 0 Å². The number of rotatable bonds is 3. The second kappa shape index (κ2) is 4.74. The normalized spacial score (nSPS) is 10.2. The van der Waals surface area contributed by atoms with Gasteiger partial charge < -0.3 is 16.4 Å². The summed E-state index contributed by atoms with van der Waals surface area (Å²) in [6.07, 6.45) is 0. The van der Waals surface area contributed by atoms with Gasteiger partial charge in [0.2, 0.25) is 0 Å². The number of nitrogens with zero attached hydrogens (tertiary/aromatic N) is 2. The smallest absolute Gasteiger partial charge is 0.149 e. The van der Waals surface area contributed by atoms with Crippen LogP contribution in [0, 0.1) is 0 Å². The third kappa shape index (κ3) is 2.66. The van der Waals surface area contributed by atoms with Crippen molar-refractivity contribution in [2.45, 2.75) is 6.54 Å². The zero-order chi connectivity index (χ0) is 12.3. The third-order valence-electron chi connectivity index (χ3n) is 2.60. The molecule has 0 fully saturated rings. The van der Waals surface area contributed by atoms with Gasteiger partial charge in [-0.05, 0) is 17.7 Å². The average Bonchev–Trinajstić information content (AvgIpc) is 2.34. The Morgan fingerprint density at radius 1 is 1.06 bits per heavy atom. The summed E-state index contributed by atoms with van der Waals surface area (Å²) in [4.78, 5) is 6.28. The third-order valence-corrected chi connectivity index (χ3v) is 2.60. The van der Waals surface area contributed by atoms with Crippen molar-refractivity contribution in [1.82, 2.24) is 4.98 Å². The van der Waals surface area contributed by atoms with E-state index >= 15 is 0 Å². The quantitative estimate of drug-likeness (QED) is 0.841. The van der Waals surface area contributed by atoms with Crippen LogP contribution < -0.4 is 16.4 Å². The molecule has 1 aromatic heterocycles. The Kier molecular flexibility index (Phi) is 3.14. The maximum Gasteiger partial charge on any atom is 0.149 e. The van der Waals surface area contributed by atoms with Gasteiger partial charge in [-0.2, -0.15) is 0 Å². The molecule has 0 bridgehead atoms. The van der Waals surface area contributed by atoms with Crippen LogP contribution in [0.4, 0.5) is 17.3 Å². The van der Waals surface area contributed by atoms with Gasteiger partial charge in [0.15, 0.2) is 0 Å². The van der Waals surface area contributed by atoms with Crippen molar-refractivity contribution in [3.8, 4) is 0 Å². The molecule has 0 radical (unpaired) electrons. The summed E-state index contributed by atoms with van der Waals surface area (Å²) < 4.78 is 0. The molecule has 0 saturated heterocycles. The lowest BCUT2D eigenvalue weighted by Gasteiger charge is -2.18. The number of aromatic nitrogens is 1. The Balaban J connectivity index is 2.14. The molecule has 4 N–H and O–H groups in total. The first-order valence-electron chi connectivity index (χ1n) is 5.44. The molecular weight excluding hydrogens is 212 g/mol. The van der Waals surface area contributed by atoms with E-state index in [1.54, 1.807) is 6.07 Å². The molecule has 0 aliphatic heterocycles. The molecule has 2 aromatic rings. The molecule has 2 rings (SSSR count). The molecule has 0 spiro atoms. The topological polar surface area (TPSA) is 68.2 Å². The van der Waals surface area contributed by atoms with Crippen LogP contribution in [0.2, 0.25) is 0 Å². The molecule has 4 nitrogen and oxygen atoms in total. The SMILES string of the molecule is CN(Cc1ccccc1)c1ccc(N)c(N)n1. The molecule has 0 aliphatic carbocycles. The van der Waals surface area contributed by atoms with E-state index in [0.717, 1.165) is 12.4 Å². The fraction of sp³-hybridized carbons (Fsp3) is 0.154. The van der Waals surface area contributed by atoms with Crippen molar-refractivity contribution < 1.29 is 0 Å². The maximum atomic E-state index is 5.69. The van der Waals surface area contributed by atoms with E-state index in [1.807, 2.05) is 36.2 Å². The predicted molar refractivity (Wildman–Crippen MR) is 71.6 cm³/mol. The standard InChI is InChI=1S/C13H16N4/c1-17(9-10-5-3-2-4-6-10)12-8-7-11(14)13(15)16-12/h2-8H,9,14H2,1H3,(H2,15,16).